The third-order valence-electron chi connectivity index (χ3n) is 9.53. The first kappa shape index (κ1) is 28.2. The molecule has 3 aliphatic carbocycles. The van der Waals surface area contributed by atoms with Gasteiger partial charge in [0.2, 0.25) is 0 Å². The van der Waals surface area contributed by atoms with Crippen LogP contribution in [0.2, 0.25) is 0 Å². The SMILES string of the molecule is C=C(C)c1cc(C2=CC=C(C=C3CC4=CC(C)C(C(=C)CCC)C(c5ccccc5CC)C4C3=C)C2)ccc1C. The van der Waals surface area contributed by atoms with Crippen molar-refractivity contribution in [3.63, 3.8) is 0 Å². The Morgan fingerprint density at radius 2 is 1.80 bits per heavy atom. The summed E-state index contributed by atoms with van der Waals surface area (Å²) in [6, 6.07) is 15.9. The van der Waals surface area contributed by atoms with E-state index < -0.39 is 0 Å². The molecule has 0 amide bonds. The molecule has 3 aliphatic rings. The second kappa shape index (κ2) is 11.6. The van der Waals surface area contributed by atoms with Crippen molar-refractivity contribution in [1.82, 2.24) is 0 Å². The molecule has 1 saturated carbocycles. The number of allylic oxidation sites excluding steroid dienone is 11. The predicted octanol–water partition coefficient (Wildman–Crippen LogP) is 11.1. The average Bonchev–Trinajstić information content (AvgIpc) is 3.52. The molecule has 0 saturated heterocycles. The molecule has 2 aromatic rings. The minimum Gasteiger partial charge on any atom is -0.0995 e. The molecule has 0 radical (unpaired) electrons. The third-order valence-corrected chi connectivity index (χ3v) is 9.53. The Labute approximate surface area is 243 Å². The summed E-state index contributed by atoms with van der Waals surface area (Å²) in [4.78, 5) is 0. The van der Waals surface area contributed by atoms with E-state index in [-0.39, 0.29) is 0 Å². The van der Waals surface area contributed by atoms with Gasteiger partial charge in [0.25, 0.3) is 0 Å². The highest BCUT2D eigenvalue weighted by molar-refractivity contribution is 5.77. The maximum atomic E-state index is 4.78. The fourth-order valence-corrected chi connectivity index (χ4v) is 7.61. The monoisotopic (exact) mass is 526 g/mol. The van der Waals surface area contributed by atoms with E-state index in [2.05, 4.69) is 115 Å². The Hall–Kier alpha value is -3.38. The lowest BCUT2D eigenvalue weighted by atomic mass is 9.61. The van der Waals surface area contributed by atoms with Crippen molar-refractivity contribution in [2.75, 3.05) is 0 Å². The molecule has 206 valence electrons. The zero-order valence-corrected chi connectivity index (χ0v) is 25.3. The van der Waals surface area contributed by atoms with Crippen molar-refractivity contribution in [2.45, 2.75) is 72.6 Å². The molecule has 0 heteroatoms. The van der Waals surface area contributed by atoms with Gasteiger partial charge in [-0.2, -0.15) is 0 Å². The molecule has 2 aromatic carbocycles. The molecule has 0 nitrogen and oxygen atoms in total. The minimum absolute atomic E-state index is 0.360. The zero-order chi connectivity index (χ0) is 28.6. The van der Waals surface area contributed by atoms with Crippen LogP contribution in [0, 0.1) is 24.7 Å². The molecule has 0 aromatic heterocycles. The highest BCUT2D eigenvalue weighted by Gasteiger charge is 2.45. The van der Waals surface area contributed by atoms with Crippen LogP contribution in [-0.4, -0.2) is 0 Å². The van der Waals surface area contributed by atoms with Crippen LogP contribution in [0.1, 0.15) is 87.1 Å². The third kappa shape index (κ3) is 5.22. The highest BCUT2D eigenvalue weighted by atomic mass is 14.5. The second-order valence-corrected chi connectivity index (χ2v) is 12.4. The van der Waals surface area contributed by atoms with Gasteiger partial charge in [0.1, 0.15) is 0 Å². The van der Waals surface area contributed by atoms with Gasteiger partial charge in [0, 0.05) is 11.8 Å². The standard InChI is InChI=1S/C40H46/c1-9-13-27(6)38-28(7)20-35-23-34(29(8)39(35)40(38)36-15-12-11-14-31(36)10-2)22-30-17-19-32(21-30)33-18-16-26(5)37(24-33)25(3)4/h11-12,14-20,22,24,28,38-40H,3,6,8-10,13,21,23H2,1-2,4-5,7H3. The van der Waals surface area contributed by atoms with Crippen LogP contribution in [0.4, 0.5) is 0 Å². The van der Waals surface area contributed by atoms with E-state index in [1.165, 1.54) is 55.7 Å². The molecule has 1 fully saturated rings. The van der Waals surface area contributed by atoms with Gasteiger partial charge in [-0.15, -0.1) is 0 Å². The maximum Gasteiger partial charge on any atom is 0.0123 e. The molecule has 5 rings (SSSR count). The lowest BCUT2D eigenvalue weighted by Gasteiger charge is -2.42. The first-order valence-corrected chi connectivity index (χ1v) is 15.3. The Bertz CT molecular complexity index is 1480. The molecular weight excluding hydrogens is 480 g/mol. The Balaban J connectivity index is 1.45. The van der Waals surface area contributed by atoms with Crippen LogP contribution < -0.4 is 0 Å². The fraction of sp³-hybridized carbons (Fsp3) is 0.350. The topological polar surface area (TPSA) is 0 Å². The van der Waals surface area contributed by atoms with E-state index >= 15 is 0 Å². The van der Waals surface area contributed by atoms with Crippen LogP contribution >= 0.6 is 0 Å². The van der Waals surface area contributed by atoms with Gasteiger partial charge >= 0.3 is 0 Å². The van der Waals surface area contributed by atoms with E-state index in [0.717, 1.165) is 37.7 Å². The molecule has 4 atom stereocenters. The normalized spacial score (nSPS) is 25.0. The quantitative estimate of drug-likeness (QED) is 0.300. The number of fused-ring (bicyclic) bond motifs is 1. The fourth-order valence-electron chi connectivity index (χ4n) is 7.61. The van der Waals surface area contributed by atoms with Gasteiger partial charge in [0.05, 0.1) is 0 Å². The van der Waals surface area contributed by atoms with Gasteiger partial charge in [0.15, 0.2) is 0 Å². The van der Waals surface area contributed by atoms with Gasteiger partial charge in [-0.3, -0.25) is 0 Å². The van der Waals surface area contributed by atoms with Crippen molar-refractivity contribution in [3.05, 3.63) is 142 Å². The first-order chi connectivity index (χ1) is 19.2. The Morgan fingerprint density at radius 3 is 2.52 bits per heavy atom. The van der Waals surface area contributed by atoms with Crippen molar-refractivity contribution >= 4 is 11.1 Å². The van der Waals surface area contributed by atoms with Crippen molar-refractivity contribution in [2.24, 2.45) is 17.8 Å². The number of hydrogen-bond donors (Lipinski definition) is 0. The summed E-state index contributed by atoms with van der Waals surface area (Å²) in [5, 5.41) is 0. The smallest absolute Gasteiger partial charge is 0.0123 e. The molecule has 40 heavy (non-hydrogen) atoms. The number of aryl methyl sites for hydroxylation is 2. The largest absolute Gasteiger partial charge is 0.0995 e. The Kier molecular flexibility index (Phi) is 8.18. The summed E-state index contributed by atoms with van der Waals surface area (Å²) in [6.45, 7) is 24.9. The van der Waals surface area contributed by atoms with E-state index in [4.69, 9.17) is 6.58 Å². The minimum atomic E-state index is 0.360. The summed E-state index contributed by atoms with van der Waals surface area (Å²) in [5.74, 6) is 1.69. The van der Waals surface area contributed by atoms with Gasteiger partial charge in [-0.1, -0.05) is 124 Å². The average molecular weight is 527 g/mol. The number of rotatable bonds is 8. The molecule has 4 unspecified atom stereocenters. The lowest BCUT2D eigenvalue weighted by Crippen LogP contribution is -2.32. The van der Waals surface area contributed by atoms with Crippen molar-refractivity contribution < 1.29 is 0 Å². The number of benzene rings is 2. The zero-order valence-electron chi connectivity index (χ0n) is 25.3. The van der Waals surface area contributed by atoms with Crippen molar-refractivity contribution in [1.29, 1.82) is 0 Å². The van der Waals surface area contributed by atoms with Crippen LogP contribution in [0.3, 0.4) is 0 Å². The molecule has 0 bridgehead atoms. The summed E-state index contributed by atoms with van der Waals surface area (Å²) < 4.78 is 0. The second-order valence-electron chi connectivity index (χ2n) is 12.4. The van der Waals surface area contributed by atoms with E-state index in [0.29, 0.717) is 23.7 Å². The van der Waals surface area contributed by atoms with Crippen LogP contribution in [0.15, 0.2) is 114 Å². The van der Waals surface area contributed by atoms with Crippen LogP contribution in [0.25, 0.3) is 11.1 Å². The molecular formula is C40H46. The van der Waals surface area contributed by atoms with E-state index in [1.54, 1.807) is 5.57 Å². The highest BCUT2D eigenvalue weighted by Crippen LogP contribution is 2.57. The van der Waals surface area contributed by atoms with Crippen LogP contribution in [-0.2, 0) is 6.42 Å². The maximum absolute atomic E-state index is 4.78. The summed E-state index contributed by atoms with van der Waals surface area (Å²) >= 11 is 0. The summed E-state index contributed by atoms with van der Waals surface area (Å²) in [5.41, 5.74) is 16.4. The molecule has 0 heterocycles. The summed E-state index contributed by atoms with van der Waals surface area (Å²) in [7, 11) is 0. The van der Waals surface area contributed by atoms with Crippen molar-refractivity contribution in [3.8, 4) is 0 Å². The lowest BCUT2D eigenvalue weighted by molar-refractivity contribution is 0.321. The molecule has 0 spiro atoms. The van der Waals surface area contributed by atoms with Gasteiger partial charge < -0.3 is 0 Å². The first-order valence-electron chi connectivity index (χ1n) is 15.3. The van der Waals surface area contributed by atoms with Crippen LogP contribution in [0.5, 0.6) is 0 Å². The summed E-state index contributed by atoms with van der Waals surface area (Å²) in [6.07, 6.45) is 14.9. The molecule has 0 N–H and O–H groups in total. The predicted molar refractivity (Wildman–Crippen MR) is 175 cm³/mol. The number of hydrogen-bond acceptors (Lipinski definition) is 0. The molecule has 0 aliphatic heterocycles. The van der Waals surface area contributed by atoms with E-state index in [9.17, 15) is 0 Å². The Morgan fingerprint density at radius 1 is 1.02 bits per heavy atom. The van der Waals surface area contributed by atoms with Gasteiger partial charge in [-0.25, -0.2) is 0 Å². The van der Waals surface area contributed by atoms with E-state index in [1.807, 2.05) is 0 Å². The van der Waals surface area contributed by atoms with Gasteiger partial charge in [-0.05, 0) is 108 Å².